The fourth-order valence-electron chi connectivity index (χ4n) is 2.60. The SMILES string of the molecule is CC1CCC(NC(=O)c2cc(C(F)(F)F)ccc2N)CC1. The van der Waals surface area contributed by atoms with E-state index in [1.54, 1.807) is 0 Å². The quantitative estimate of drug-likeness (QED) is 0.820. The highest BCUT2D eigenvalue weighted by atomic mass is 19.4. The molecule has 1 aliphatic rings. The van der Waals surface area contributed by atoms with E-state index < -0.39 is 17.6 Å². The van der Waals surface area contributed by atoms with Crippen LogP contribution < -0.4 is 11.1 Å². The van der Waals surface area contributed by atoms with Gasteiger partial charge in [-0.2, -0.15) is 13.2 Å². The smallest absolute Gasteiger partial charge is 0.398 e. The standard InChI is InChI=1S/C15H19F3N2O/c1-9-2-5-11(6-3-9)20-14(21)12-8-10(15(16,17)18)4-7-13(12)19/h4,7-9,11H,2-3,5-6,19H2,1H3,(H,20,21). The van der Waals surface area contributed by atoms with Gasteiger partial charge < -0.3 is 11.1 Å². The Morgan fingerprint density at radius 3 is 2.43 bits per heavy atom. The number of benzene rings is 1. The number of alkyl halides is 3. The molecule has 1 fully saturated rings. The first-order valence-corrected chi connectivity index (χ1v) is 7.05. The Balaban J connectivity index is 2.11. The number of hydrogen-bond acceptors (Lipinski definition) is 2. The number of rotatable bonds is 2. The van der Waals surface area contributed by atoms with Crippen LogP contribution in [-0.4, -0.2) is 11.9 Å². The summed E-state index contributed by atoms with van der Waals surface area (Å²) in [5.41, 5.74) is 4.72. The summed E-state index contributed by atoms with van der Waals surface area (Å²) in [4.78, 5) is 12.1. The van der Waals surface area contributed by atoms with E-state index in [0.29, 0.717) is 5.92 Å². The molecule has 1 amide bonds. The molecule has 2 rings (SSSR count). The van der Waals surface area contributed by atoms with Gasteiger partial charge in [-0.1, -0.05) is 6.92 Å². The van der Waals surface area contributed by atoms with Gasteiger partial charge in [-0.25, -0.2) is 0 Å². The van der Waals surface area contributed by atoms with Crippen LogP contribution in [0.4, 0.5) is 18.9 Å². The molecule has 116 valence electrons. The Kier molecular flexibility index (Phi) is 4.44. The number of amides is 1. The molecule has 0 unspecified atom stereocenters. The van der Waals surface area contributed by atoms with Crippen LogP contribution in [0.25, 0.3) is 0 Å². The van der Waals surface area contributed by atoms with E-state index in [9.17, 15) is 18.0 Å². The summed E-state index contributed by atoms with van der Waals surface area (Å²) < 4.78 is 38.1. The summed E-state index contributed by atoms with van der Waals surface area (Å²) in [6, 6.07) is 2.84. The lowest BCUT2D eigenvalue weighted by atomic mass is 9.87. The molecule has 0 radical (unpaired) electrons. The minimum atomic E-state index is -4.48. The van der Waals surface area contributed by atoms with Gasteiger partial charge in [-0.05, 0) is 49.8 Å². The summed E-state index contributed by atoms with van der Waals surface area (Å²) in [5, 5.41) is 2.79. The van der Waals surface area contributed by atoms with E-state index in [2.05, 4.69) is 12.2 Å². The van der Waals surface area contributed by atoms with E-state index in [4.69, 9.17) is 5.73 Å². The van der Waals surface area contributed by atoms with Crippen molar-refractivity contribution < 1.29 is 18.0 Å². The molecule has 3 N–H and O–H groups in total. The van der Waals surface area contributed by atoms with Gasteiger partial charge in [0.2, 0.25) is 0 Å². The van der Waals surface area contributed by atoms with Crippen molar-refractivity contribution in [1.82, 2.24) is 5.32 Å². The zero-order chi connectivity index (χ0) is 15.6. The molecule has 3 nitrogen and oxygen atoms in total. The molecule has 0 aromatic heterocycles. The number of carbonyl (C=O) groups is 1. The van der Waals surface area contributed by atoms with Crippen molar-refractivity contribution >= 4 is 11.6 Å². The first kappa shape index (κ1) is 15.7. The van der Waals surface area contributed by atoms with E-state index in [-0.39, 0.29) is 17.3 Å². The van der Waals surface area contributed by atoms with Gasteiger partial charge >= 0.3 is 6.18 Å². The molecule has 0 heterocycles. The Labute approximate surface area is 121 Å². The maximum absolute atomic E-state index is 12.7. The second kappa shape index (κ2) is 5.95. The normalized spacial score (nSPS) is 22.9. The largest absolute Gasteiger partial charge is 0.416 e. The Morgan fingerprint density at radius 1 is 1.24 bits per heavy atom. The fraction of sp³-hybridized carbons (Fsp3) is 0.533. The number of halogens is 3. The van der Waals surface area contributed by atoms with Gasteiger partial charge in [0.25, 0.3) is 5.91 Å². The van der Waals surface area contributed by atoms with Crippen LogP contribution in [0.3, 0.4) is 0 Å². The Morgan fingerprint density at radius 2 is 1.86 bits per heavy atom. The molecule has 1 aromatic rings. The number of nitrogen functional groups attached to an aromatic ring is 1. The minimum Gasteiger partial charge on any atom is -0.398 e. The third-order valence-corrected chi connectivity index (χ3v) is 3.98. The number of carbonyl (C=O) groups excluding carboxylic acids is 1. The highest BCUT2D eigenvalue weighted by Crippen LogP contribution is 2.31. The van der Waals surface area contributed by atoms with Crippen LogP contribution in [-0.2, 0) is 6.18 Å². The first-order chi connectivity index (χ1) is 9.77. The minimum absolute atomic E-state index is 0.0163. The van der Waals surface area contributed by atoms with E-state index in [1.165, 1.54) is 0 Å². The number of hydrogen-bond donors (Lipinski definition) is 2. The summed E-state index contributed by atoms with van der Waals surface area (Å²) in [6.45, 7) is 2.16. The topological polar surface area (TPSA) is 55.1 Å². The molecule has 1 saturated carbocycles. The molecule has 1 aromatic carbocycles. The highest BCUT2D eigenvalue weighted by molar-refractivity contribution is 5.99. The summed E-state index contributed by atoms with van der Waals surface area (Å²) >= 11 is 0. The van der Waals surface area contributed by atoms with Crippen molar-refractivity contribution in [2.24, 2.45) is 5.92 Å². The van der Waals surface area contributed by atoms with Crippen molar-refractivity contribution in [3.63, 3.8) is 0 Å². The van der Waals surface area contributed by atoms with Crippen LogP contribution in [0, 0.1) is 5.92 Å². The van der Waals surface area contributed by atoms with Gasteiger partial charge in [0.05, 0.1) is 11.1 Å². The van der Waals surface area contributed by atoms with Crippen molar-refractivity contribution in [3.8, 4) is 0 Å². The van der Waals surface area contributed by atoms with E-state index in [0.717, 1.165) is 43.9 Å². The highest BCUT2D eigenvalue weighted by Gasteiger charge is 2.32. The fourth-order valence-corrected chi connectivity index (χ4v) is 2.60. The zero-order valence-electron chi connectivity index (χ0n) is 11.8. The molecule has 0 spiro atoms. The summed E-state index contributed by atoms with van der Waals surface area (Å²) in [7, 11) is 0. The average molecular weight is 300 g/mol. The predicted octanol–water partition coefficient (Wildman–Crippen LogP) is 3.60. The van der Waals surface area contributed by atoms with E-state index >= 15 is 0 Å². The maximum Gasteiger partial charge on any atom is 0.416 e. The van der Waals surface area contributed by atoms with Gasteiger partial charge in [0.1, 0.15) is 0 Å². The monoisotopic (exact) mass is 300 g/mol. The second-order valence-electron chi connectivity index (χ2n) is 5.73. The lowest BCUT2D eigenvalue weighted by molar-refractivity contribution is -0.137. The van der Waals surface area contributed by atoms with Crippen LogP contribution in [0.5, 0.6) is 0 Å². The van der Waals surface area contributed by atoms with Gasteiger partial charge in [0, 0.05) is 11.7 Å². The Hall–Kier alpha value is -1.72. The molecule has 0 bridgehead atoms. The third-order valence-electron chi connectivity index (χ3n) is 3.98. The third kappa shape index (κ3) is 3.89. The van der Waals surface area contributed by atoms with Crippen molar-refractivity contribution in [2.45, 2.75) is 44.8 Å². The van der Waals surface area contributed by atoms with Crippen molar-refractivity contribution in [1.29, 1.82) is 0 Å². The van der Waals surface area contributed by atoms with Crippen molar-refractivity contribution in [2.75, 3.05) is 5.73 Å². The lowest BCUT2D eigenvalue weighted by Gasteiger charge is -2.27. The number of nitrogens with one attached hydrogen (secondary N) is 1. The second-order valence-corrected chi connectivity index (χ2v) is 5.73. The van der Waals surface area contributed by atoms with Crippen LogP contribution in [0.2, 0.25) is 0 Å². The molecule has 6 heteroatoms. The van der Waals surface area contributed by atoms with E-state index in [1.807, 2.05) is 0 Å². The maximum atomic E-state index is 12.7. The molecule has 0 atom stereocenters. The predicted molar refractivity (Wildman–Crippen MR) is 74.7 cm³/mol. The summed E-state index contributed by atoms with van der Waals surface area (Å²) in [6.07, 6.45) is -0.743. The molecule has 0 saturated heterocycles. The van der Waals surface area contributed by atoms with Crippen LogP contribution >= 0.6 is 0 Å². The van der Waals surface area contributed by atoms with Gasteiger partial charge in [-0.3, -0.25) is 4.79 Å². The lowest BCUT2D eigenvalue weighted by Crippen LogP contribution is -2.37. The number of anilines is 1. The Bertz CT molecular complexity index is 520. The van der Waals surface area contributed by atoms with Crippen molar-refractivity contribution in [3.05, 3.63) is 29.3 Å². The van der Waals surface area contributed by atoms with Crippen LogP contribution in [0.1, 0.15) is 48.5 Å². The molecular formula is C15H19F3N2O. The van der Waals surface area contributed by atoms with Crippen LogP contribution in [0.15, 0.2) is 18.2 Å². The van der Waals surface area contributed by atoms with Gasteiger partial charge in [-0.15, -0.1) is 0 Å². The average Bonchev–Trinajstić information content (AvgIpc) is 2.40. The molecule has 1 aliphatic carbocycles. The first-order valence-electron chi connectivity index (χ1n) is 7.05. The molecular weight excluding hydrogens is 281 g/mol. The number of nitrogens with two attached hydrogens (primary N) is 1. The van der Waals surface area contributed by atoms with Gasteiger partial charge in [0.15, 0.2) is 0 Å². The zero-order valence-corrected chi connectivity index (χ0v) is 11.8. The molecule has 0 aliphatic heterocycles. The molecule has 21 heavy (non-hydrogen) atoms. The summed E-state index contributed by atoms with van der Waals surface area (Å²) in [5.74, 6) is 0.106.